The fraction of sp³-hybridized carbons (Fsp3) is 0.290. The molecule has 1 aliphatic heterocycles. The van der Waals surface area contributed by atoms with Gasteiger partial charge in [-0.25, -0.2) is 9.79 Å². The van der Waals surface area contributed by atoms with Crippen molar-refractivity contribution in [2.75, 3.05) is 35.8 Å². The third kappa shape index (κ3) is 5.85. The monoisotopic (exact) mass is 523 g/mol. The normalized spacial score (nSPS) is 17.2. The first-order valence-corrected chi connectivity index (χ1v) is 13.3. The highest BCUT2D eigenvalue weighted by Crippen LogP contribution is 2.31. The number of aliphatic imine (C=N–C) groups is 1. The Labute approximate surface area is 228 Å². The van der Waals surface area contributed by atoms with Gasteiger partial charge in [-0.3, -0.25) is 9.59 Å². The van der Waals surface area contributed by atoms with E-state index in [2.05, 4.69) is 10.6 Å². The zero-order valence-corrected chi connectivity index (χ0v) is 22.3. The maximum absolute atomic E-state index is 14.0. The number of urea groups is 1. The van der Waals surface area contributed by atoms with E-state index in [0.717, 1.165) is 42.5 Å². The topological polar surface area (TPSA) is 94.1 Å². The largest absolute Gasteiger partial charge is 0.378 e. The second kappa shape index (κ2) is 11.5. The number of rotatable bonds is 7. The molecule has 3 aromatic carbocycles. The van der Waals surface area contributed by atoms with Gasteiger partial charge in [-0.1, -0.05) is 67.4 Å². The van der Waals surface area contributed by atoms with Crippen molar-refractivity contribution in [1.82, 2.24) is 5.32 Å². The van der Waals surface area contributed by atoms with Crippen LogP contribution in [0.5, 0.6) is 0 Å². The lowest BCUT2D eigenvalue weighted by Crippen LogP contribution is -2.50. The highest BCUT2D eigenvalue weighted by Gasteiger charge is 2.35. The first kappa shape index (κ1) is 26.2. The molecule has 1 unspecified atom stereocenters. The van der Waals surface area contributed by atoms with Gasteiger partial charge >= 0.3 is 6.03 Å². The average molecular weight is 524 g/mol. The van der Waals surface area contributed by atoms with Crippen LogP contribution >= 0.6 is 0 Å². The van der Waals surface area contributed by atoms with Crippen LogP contribution < -0.4 is 20.4 Å². The first-order valence-electron chi connectivity index (χ1n) is 13.3. The third-order valence-corrected chi connectivity index (χ3v) is 7.27. The number of hydrogen-bond acceptors (Lipinski definition) is 5. The predicted molar refractivity (Wildman–Crippen MR) is 155 cm³/mol. The lowest BCUT2D eigenvalue weighted by atomic mass is 9.99. The number of amides is 3. The summed E-state index contributed by atoms with van der Waals surface area (Å²) in [7, 11) is 3.84. The maximum Gasteiger partial charge on any atom is 0.321 e. The van der Waals surface area contributed by atoms with Gasteiger partial charge in [0.2, 0.25) is 6.17 Å². The molecule has 0 aromatic heterocycles. The van der Waals surface area contributed by atoms with Crippen LogP contribution in [0.3, 0.4) is 0 Å². The lowest BCUT2D eigenvalue weighted by molar-refractivity contribution is -0.125. The van der Waals surface area contributed by atoms with E-state index < -0.39 is 18.1 Å². The number of fused-ring (bicyclic) bond motifs is 1. The van der Waals surface area contributed by atoms with E-state index in [1.54, 1.807) is 6.07 Å². The van der Waals surface area contributed by atoms with Gasteiger partial charge in [-0.15, -0.1) is 0 Å². The molecule has 2 aliphatic rings. The number of hydrogen-bond donors (Lipinski definition) is 2. The van der Waals surface area contributed by atoms with Crippen molar-refractivity contribution < 1.29 is 14.4 Å². The number of nitrogens with zero attached hydrogens (tertiary/aromatic N) is 3. The number of Topliss-reactive ketones (excluding diaryl/α,β-unsaturated/α-hetero) is 1. The van der Waals surface area contributed by atoms with E-state index in [1.165, 1.54) is 4.90 Å². The number of carbonyl (C=O) groups excluding carboxylic acids is 3. The predicted octanol–water partition coefficient (Wildman–Crippen LogP) is 4.84. The molecule has 3 aromatic rings. The van der Waals surface area contributed by atoms with Gasteiger partial charge in [0.05, 0.1) is 17.9 Å². The Kier molecular flexibility index (Phi) is 7.72. The van der Waals surface area contributed by atoms with Crippen molar-refractivity contribution in [2.24, 2.45) is 10.9 Å². The van der Waals surface area contributed by atoms with E-state index in [0.29, 0.717) is 17.1 Å². The molecule has 2 N–H and O–H groups in total. The summed E-state index contributed by atoms with van der Waals surface area (Å²) >= 11 is 0. The van der Waals surface area contributed by atoms with Gasteiger partial charge in [-0.05, 0) is 37.1 Å². The zero-order valence-electron chi connectivity index (χ0n) is 22.3. The number of para-hydroxylation sites is 1. The smallest absolute Gasteiger partial charge is 0.321 e. The number of anilines is 3. The molecule has 0 spiro atoms. The Bertz CT molecular complexity index is 1400. The molecule has 8 nitrogen and oxygen atoms in total. The lowest BCUT2D eigenvalue weighted by Gasteiger charge is -2.26. The molecule has 0 radical (unpaired) electrons. The average Bonchev–Trinajstić information content (AvgIpc) is 3.46. The molecule has 200 valence electrons. The van der Waals surface area contributed by atoms with Crippen LogP contribution in [0.1, 0.15) is 36.8 Å². The molecular weight excluding hydrogens is 490 g/mol. The SMILES string of the molecule is CN(C)c1cccc(NC(=O)NC2N=C(c3ccccc3)c3ccccc3N(CC(=O)C3CCCC3)C2=O)c1. The molecule has 1 saturated carbocycles. The summed E-state index contributed by atoms with van der Waals surface area (Å²) in [6.07, 6.45) is 2.54. The molecule has 1 aliphatic carbocycles. The Morgan fingerprint density at radius 2 is 1.67 bits per heavy atom. The summed E-state index contributed by atoms with van der Waals surface area (Å²) < 4.78 is 0. The fourth-order valence-corrected chi connectivity index (χ4v) is 5.20. The molecule has 8 heteroatoms. The standard InChI is InChI=1S/C31H33N5O3/c1-35(2)24-16-10-15-23(19-24)32-31(39)34-29-30(38)36(20-27(37)21-11-6-7-12-21)26-18-9-8-17-25(26)28(33-29)22-13-4-3-5-14-22/h3-5,8-10,13-19,21,29H,6-7,11-12,20H2,1-2H3,(H2,32,34,39). The molecule has 1 fully saturated rings. The summed E-state index contributed by atoms with van der Waals surface area (Å²) in [5.74, 6) is -0.444. The first-order chi connectivity index (χ1) is 18.9. The molecule has 1 atom stereocenters. The van der Waals surface area contributed by atoms with E-state index in [4.69, 9.17) is 4.99 Å². The Morgan fingerprint density at radius 3 is 2.41 bits per heavy atom. The van der Waals surface area contributed by atoms with Gasteiger partial charge in [0.15, 0.2) is 5.78 Å². The maximum atomic E-state index is 14.0. The van der Waals surface area contributed by atoms with Gasteiger partial charge in [-0.2, -0.15) is 0 Å². The van der Waals surface area contributed by atoms with Gasteiger partial charge in [0.25, 0.3) is 5.91 Å². The van der Waals surface area contributed by atoms with Crippen molar-refractivity contribution >= 4 is 40.5 Å². The van der Waals surface area contributed by atoms with Crippen molar-refractivity contribution in [3.63, 3.8) is 0 Å². The van der Waals surface area contributed by atoms with E-state index in [1.807, 2.05) is 91.8 Å². The number of benzodiazepines with no additional fused rings is 1. The van der Waals surface area contributed by atoms with Crippen LogP contribution in [-0.4, -0.2) is 50.2 Å². The van der Waals surface area contributed by atoms with Crippen LogP contribution in [0.15, 0.2) is 83.9 Å². The number of ketones is 1. The van der Waals surface area contributed by atoms with Crippen LogP contribution in [0.2, 0.25) is 0 Å². The van der Waals surface area contributed by atoms with Gasteiger partial charge < -0.3 is 20.4 Å². The van der Waals surface area contributed by atoms with Crippen LogP contribution in [0.4, 0.5) is 21.9 Å². The highest BCUT2D eigenvalue weighted by molar-refractivity contribution is 6.21. The molecule has 39 heavy (non-hydrogen) atoms. The summed E-state index contributed by atoms with van der Waals surface area (Å²) in [5.41, 5.74) is 4.25. The van der Waals surface area contributed by atoms with Crippen molar-refractivity contribution in [3.8, 4) is 0 Å². The van der Waals surface area contributed by atoms with Crippen molar-refractivity contribution in [3.05, 3.63) is 90.0 Å². The molecular formula is C31H33N5O3. The Balaban J connectivity index is 1.49. The minimum Gasteiger partial charge on any atom is -0.378 e. The quantitative estimate of drug-likeness (QED) is 0.463. The van der Waals surface area contributed by atoms with Crippen molar-refractivity contribution in [1.29, 1.82) is 0 Å². The van der Waals surface area contributed by atoms with Gasteiger partial charge in [0, 0.05) is 42.5 Å². The number of benzene rings is 3. The summed E-state index contributed by atoms with van der Waals surface area (Å²) in [6.45, 7) is -0.0528. The minimum atomic E-state index is -1.22. The molecule has 3 amide bonds. The molecule has 0 saturated heterocycles. The number of carbonyl (C=O) groups is 3. The van der Waals surface area contributed by atoms with Crippen LogP contribution in [0, 0.1) is 5.92 Å². The van der Waals surface area contributed by atoms with E-state index >= 15 is 0 Å². The Morgan fingerprint density at radius 1 is 0.949 bits per heavy atom. The van der Waals surface area contributed by atoms with E-state index in [-0.39, 0.29) is 18.2 Å². The van der Waals surface area contributed by atoms with Crippen LogP contribution in [0.25, 0.3) is 0 Å². The molecule has 5 rings (SSSR count). The summed E-state index contributed by atoms with van der Waals surface area (Å²) in [5, 5.41) is 5.58. The fourth-order valence-electron chi connectivity index (χ4n) is 5.20. The Hall–Kier alpha value is -4.46. The highest BCUT2D eigenvalue weighted by atomic mass is 16.2. The zero-order chi connectivity index (χ0) is 27.4. The number of nitrogens with one attached hydrogen (secondary N) is 2. The third-order valence-electron chi connectivity index (χ3n) is 7.27. The van der Waals surface area contributed by atoms with Gasteiger partial charge in [0.1, 0.15) is 0 Å². The summed E-state index contributed by atoms with van der Waals surface area (Å²) in [4.78, 5) is 48.6. The molecule has 0 bridgehead atoms. The second-order valence-electron chi connectivity index (χ2n) is 10.2. The van der Waals surface area contributed by atoms with Crippen LogP contribution in [-0.2, 0) is 9.59 Å². The van der Waals surface area contributed by atoms with Crippen molar-refractivity contribution in [2.45, 2.75) is 31.8 Å². The minimum absolute atomic E-state index is 0.0404. The van der Waals surface area contributed by atoms with E-state index in [9.17, 15) is 14.4 Å². The second-order valence-corrected chi connectivity index (χ2v) is 10.2. The molecule has 1 heterocycles. The summed E-state index contributed by atoms with van der Waals surface area (Å²) in [6, 6.07) is 23.9.